The Morgan fingerprint density at radius 2 is 2.13 bits per heavy atom. The quantitative estimate of drug-likeness (QED) is 0.821. The SMILES string of the molecule is COc1cccc([C@@H]2CCN(CCc3nccn3C)C2)c1OC. The van der Waals surface area contributed by atoms with Crippen LogP contribution in [0.1, 0.15) is 23.7 Å². The lowest BCUT2D eigenvalue weighted by Gasteiger charge is -2.18. The predicted molar refractivity (Wildman–Crippen MR) is 90.3 cm³/mol. The first-order valence-corrected chi connectivity index (χ1v) is 8.12. The number of likely N-dealkylation sites (tertiary alicyclic amines) is 1. The molecule has 0 bridgehead atoms. The number of ether oxygens (including phenoxy) is 2. The summed E-state index contributed by atoms with van der Waals surface area (Å²) in [4.78, 5) is 6.92. The van der Waals surface area contributed by atoms with Gasteiger partial charge in [-0.3, -0.25) is 0 Å². The molecule has 5 nitrogen and oxygen atoms in total. The van der Waals surface area contributed by atoms with Crippen molar-refractivity contribution in [1.29, 1.82) is 0 Å². The molecule has 23 heavy (non-hydrogen) atoms. The number of aryl methyl sites for hydroxylation is 1. The summed E-state index contributed by atoms with van der Waals surface area (Å²) in [7, 11) is 5.46. The second-order valence-electron chi connectivity index (χ2n) is 6.07. The van der Waals surface area contributed by atoms with Gasteiger partial charge in [0.2, 0.25) is 0 Å². The molecule has 0 radical (unpaired) electrons. The normalized spacial score (nSPS) is 18.3. The van der Waals surface area contributed by atoms with E-state index in [0.29, 0.717) is 5.92 Å². The van der Waals surface area contributed by atoms with Gasteiger partial charge in [-0.25, -0.2) is 4.98 Å². The second-order valence-corrected chi connectivity index (χ2v) is 6.07. The Morgan fingerprint density at radius 1 is 1.26 bits per heavy atom. The van der Waals surface area contributed by atoms with Crippen molar-refractivity contribution in [3.05, 3.63) is 42.0 Å². The van der Waals surface area contributed by atoms with Gasteiger partial charge in [-0.05, 0) is 19.0 Å². The molecule has 1 aromatic heterocycles. The minimum Gasteiger partial charge on any atom is -0.493 e. The van der Waals surface area contributed by atoms with E-state index in [1.54, 1.807) is 14.2 Å². The Bertz CT molecular complexity index is 653. The number of benzene rings is 1. The largest absolute Gasteiger partial charge is 0.493 e. The minimum atomic E-state index is 0.501. The fraction of sp³-hybridized carbons (Fsp3) is 0.500. The lowest BCUT2D eigenvalue weighted by molar-refractivity contribution is 0.330. The Hall–Kier alpha value is -2.01. The molecule has 3 rings (SSSR count). The maximum Gasteiger partial charge on any atom is 0.164 e. The van der Waals surface area contributed by atoms with Gasteiger partial charge in [0.15, 0.2) is 11.5 Å². The van der Waals surface area contributed by atoms with Crippen molar-refractivity contribution in [3.63, 3.8) is 0 Å². The van der Waals surface area contributed by atoms with Crippen LogP contribution in [0, 0.1) is 0 Å². The van der Waals surface area contributed by atoms with Gasteiger partial charge in [-0.15, -0.1) is 0 Å². The monoisotopic (exact) mass is 315 g/mol. The van der Waals surface area contributed by atoms with Crippen LogP contribution in [0.3, 0.4) is 0 Å². The van der Waals surface area contributed by atoms with Crippen LogP contribution in [0.2, 0.25) is 0 Å². The van der Waals surface area contributed by atoms with Gasteiger partial charge < -0.3 is 18.9 Å². The van der Waals surface area contributed by atoms with E-state index in [0.717, 1.165) is 49.8 Å². The van der Waals surface area contributed by atoms with Gasteiger partial charge in [-0.2, -0.15) is 0 Å². The van der Waals surface area contributed by atoms with Crippen molar-refractivity contribution in [1.82, 2.24) is 14.5 Å². The van der Waals surface area contributed by atoms with Gasteiger partial charge >= 0.3 is 0 Å². The van der Waals surface area contributed by atoms with Crippen LogP contribution in [-0.2, 0) is 13.5 Å². The number of hydrogen-bond donors (Lipinski definition) is 0. The summed E-state index contributed by atoms with van der Waals surface area (Å²) in [5, 5.41) is 0. The first-order chi connectivity index (χ1) is 11.2. The third kappa shape index (κ3) is 3.34. The van der Waals surface area contributed by atoms with Gasteiger partial charge in [0.1, 0.15) is 5.82 Å². The molecule has 1 atom stereocenters. The molecule has 0 unspecified atom stereocenters. The van der Waals surface area contributed by atoms with E-state index in [-0.39, 0.29) is 0 Å². The lowest BCUT2D eigenvalue weighted by Crippen LogP contribution is -2.24. The summed E-state index contributed by atoms with van der Waals surface area (Å²) < 4.78 is 13.1. The molecule has 1 fully saturated rings. The van der Waals surface area contributed by atoms with Crippen molar-refractivity contribution < 1.29 is 9.47 Å². The number of hydrogen-bond acceptors (Lipinski definition) is 4. The van der Waals surface area contributed by atoms with Crippen molar-refractivity contribution in [2.24, 2.45) is 7.05 Å². The van der Waals surface area contributed by atoms with E-state index in [1.807, 2.05) is 24.5 Å². The standard InChI is InChI=1S/C18H25N3O2/c1-20-12-9-19-17(20)8-11-21-10-7-14(13-21)15-5-4-6-16(22-2)18(15)23-3/h4-6,9,12,14H,7-8,10-11,13H2,1-3H3/t14-/m1/s1. The molecule has 2 heterocycles. The van der Waals surface area contributed by atoms with Crippen LogP contribution in [0.25, 0.3) is 0 Å². The van der Waals surface area contributed by atoms with E-state index < -0.39 is 0 Å². The highest BCUT2D eigenvalue weighted by atomic mass is 16.5. The third-order valence-electron chi connectivity index (χ3n) is 4.72. The lowest BCUT2D eigenvalue weighted by atomic mass is 9.97. The number of rotatable bonds is 6. The summed E-state index contributed by atoms with van der Waals surface area (Å²) in [5.74, 6) is 3.34. The van der Waals surface area contributed by atoms with Crippen molar-refractivity contribution >= 4 is 0 Å². The molecule has 0 spiro atoms. The number of nitrogens with zero attached hydrogens (tertiary/aromatic N) is 3. The molecular weight excluding hydrogens is 290 g/mol. The smallest absolute Gasteiger partial charge is 0.164 e. The molecule has 124 valence electrons. The van der Waals surface area contributed by atoms with Crippen molar-refractivity contribution in [2.75, 3.05) is 33.9 Å². The zero-order valence-corrected chi connectivity index (χ0v) is 14.2. The highest BCUT2D eigenvalue weighted by Crippen LogP contribution is 2.39. The van der Waals surface area contributed by atoms with Crippen molar-refractivity contribution in [3.8, 4) is 11.5 Å². The summed E-state index contributed by atoms with van der Waals surface area (Å²) >= 11 is 0. The van der Waals surface area contributed by atoms with Crippen LogP contribution < -0.4 is 9.47 Å². The zero-order chi connectivity index (χ0) is 16.2. The molecule has 2 aromatic rings. The molecule has 1 aliphatic heterocycles. The molecule has 1 saturated heterocycles. The molecule has 5 heteroatoms. The number of imidazole rings is 1. The molecule has 1 aliphatic rings. The zero-order valence-electron chi connectivity index (χ0n) is 14.2. The van der Waals surface area contributed by atoms with Crippen LogP contribution in [0.5, 0.6) is 11.5 Å². The first-order valence-electron chi connectivity index (χ1n) is 8.12. The maximum absolute atomic E-state index is 5.59. The van der Waals surface area contributed by atoms with Crippen LogP contribution in [0.4, 0.5) is 0 Å². The van der Waals surface area contributed by atoms with Gasteiger partial charge in [0, 0.05) is 50.4 Å². The number of para-hydroxylation sites is 1. The Morgan fingerprint density at radius 3 is 2.83 bits per heavy atom. The fourth-order valence-corrected chi connectivity index (χ4v) is 3.42. The Balaban J connectivity index is 1.65. The van der Waals surface area contributed by atoms with E-state index in [1.165, 1.54) is 5.56 Å². The summed E-state index contributed by atoms with van der Waals surface area (Å²) in [6, 6.07) is 6.16. The third-order valence-corrected chi connectivity index (χ3v) is 4.72. The highest BCUT2D eigenvalue weighted by molar-refractivity contribution is 5.48. The van der Waals surface area contributed by atoms with E-state index in [4.69, 9.17) is 9.47 Å². The molecule has 0 aliphatic carbocycles. The molecule has 0 N–H and O–H groups in total. The van der Waals surface area contributed by atoms with Gasteiger partial charge in [0.05, 0.1) is 14.2 Å². The number of aromatic nitrogens is 2. The highest BCUT2D eigenvalue weighted by Gasteiger charge is 2.27. The van der Waals surface area contributed by atoms with E-state index >= 15 is 0 Å². The fourth-order valence-electron chi connectivity index (χ4n) is 3.42. The molecular formula is C18H25N3O2. The molecule has 0 saturated carbocycles. The van der Waals surface area contributed by atoms with Gasteiger partial charge in [-0.1, -0.05) is 12.1 Å². The average Bonchev–Trinajstić information content (AvgIpc) is 3.21. The van der Waals surface area contributed by atoms with Crippen LogP contribution in [-0.4, -0.2) is 48.3 Å². The van der Waals surface area contributed by atoms with E-state index in [9.17, 15) is 0 Å². The van der Waals surface area contributed by atoms with Gasteiger partial charge in [0.25, 0.3) is 0 Å². The number of methoxy groups -OCH3 is 2. The topological polar surface area (TPSA) is 39.5 Å². The average molecular weight is 315 g/mol. The summed E-state index contributed by atoms with van der Waals surface area (Å²) in [6.45, 7) is 3.23. The van der Waals surface area contributed by atoms with Crippen molar-refractivity contribution in [2.45, 2.75) is 18.8 Å². The second kappa shape index (κ2) is 7.04. The van der Waals surface area contributed by atoms with Crippen LogP contribution in [0.15, 0.2) is 30.6 Å². The minimum absolute atomic E-state index is 0.501. The Labute approximate surface area is 137 Å². The van der Waals surface area contributed by atoms with Crippen LogP contribution >= 0.6 is 0 Å². The molecule has 0 amide bonds. The Kier molecular flexibility index (Phi) is 4.86. The van der Waals surface area contributed by atoms with E-state index in [2.05, 4.69) is 27.6 Å². The summed E-state index contributed by atoms with van der Waals surface area (Å²) in [5.41, 5.74) is 1.26. The first kappa shape index (κ1) is 15.9. The summed E-state index contributed by atoms with van der Waals surface area (Å²) in [6.07, 6.45) is 6.02. The molecule has 1 aromatic carbocycles. The predicted octanol–water partition coefficient (Wildman–Crippen LogP) is 2.47. The maximum atomic E-state index is 5.59.